The second kappa shape index (κ2) is 3.71. The molecule has 0 radical (unpaired) electrons. The quantitative estimate of drug-likeness (QED) is 0.504. The van der Waals surface area contributed by atoms with Crippen LogP contribution in [0.4, 0.5) is 0 Å². The summed E-state index contributed by atoms with van der Waals surface area (Å²) in [6.45, 7) is 6.42. The summed E-state index contributed by atoms with van der Waals surface area (Å²) < 4.78 is 0. The SMILES string of the molecule is C[Si](C)(C)[C@@]1(O)CCCCC[C@@H]1O. The molecule has 2 nitrogen and oxygen atoms in total. The summed E-state index contributed by atoms with van der Waals surface area (Å²) >= 11 is 0. The molecule has 2 atom stereocenters. The fourth-order valence-electron chi connectivity index (χ4n) is 2.19. The zero-order chi connectivity index (χ0) is 10.1. The first-order valence-electron chi connectivity index (χ1n) is 5.28. The van der Waals surface area contributed by atoms with Crippen molar-refractivity contribution >= 4 is 8.07 Å². The molecule has 1 aliphatic carbocycles. The maximum atomic E-state index is 10.5. The summed E-state index contributed by atoms with van der Waals surface area (Å²) in [5, 5.41) is 19.7. The van der Waals surface area contributed by atoms with Crippen LogP contribution < -0.4 is 0 Å². The minimum Gasteiger partial charge on any atom is -0.391 e. The van der Waals surface area contributed by atoms with Gasteiger partial charge in [-0.15, -0.1) is 0 Å². The van der Waals surface area contributed by atoms with Crippen molar-refractivity contribution in [2.75, 3.05) is 0 Å². The van der Waals surface area contributed by atoms with Crippen LogP contribution in [0.25, 0.3) is 0 Å². The maximum absolute atomic E-state index is 10.5. The summed E-state index contributed by atoms with van der Waals surface area (Å²) in [6, 6.07) is 0. The minimum absolute atomic E-state index is 0.485. The van der Waals surface area contributed by atoms with Gasteiger partial charge in [0.1, 0.15) is 0 Å². The van der Waals surface area contributed by atoms with Gasteiger partial charge in [-0.25, -0.2) is 0 Å². The third kappa shape index (κ3) is 2.14. The van der Waals surface area contributed by atoms with Crippen LogP contribution in [0.2, 0.25) is 19.6 Å². The van der Waals surface area contributed by atoms with E-state index in [4.69, 9.17) is 0 Å². The Hall–Kier alpha value is 0.137. The highest BCUT2D eigenvalue weighted by molar-refractivity contribution is 6.79. The molecule has 1 saturated carbocycles. The molecule has 0 heterocycles. The number of hydrogen-bond donors (Lipinski definition) is 2. The third-order valence-corrected chi connectivity index (χ3v) is 6.57. The van der Waals surface area contributed by atoms with Gasteiger partial charge >= 0.3 is 0 Å². The molecule has 0 saturated heterocycles. The monoisotopic (exact) mass is 202 g/mol. The lowest BCUT2D eigenvalue weighted by atomic mass is 10.1. The average Bonchev–Trinajstić information content (AvgIpc) is 2.14. The Morgan fingerprint density at radius 1 is 1.15 bits per heavy atom. The van der Waals surface area contributed by atoms with Gasteiger partial charge in [0.2, 0.25) is 0 Å². The van der Waals surface area contributed by atoms with E-state index in [1.807, 2.05) is 0 Å². The minimum atomic E-state index is -1.67. The van der Waals surface area contributed by atoms with Gasteiger partial charge in [0.05, 0.1) is 19.4 Å². The Balaban J connectivity index is 2.83. The average molecular weight is 202 g/mol. The lowest BCUT2D eigenvalue weighted by Gasteiger charge is -2.41. The summed E-state index contributed by atoms with van der Waals surface area (Å²) in [4.78, 5) is 0. The van der Waals surface area contributed by atoms with E-state index in [-0.39, 0.29) is 0 Å². The second-order valence-electron chi connectivity index (χ2n) is 5.29. The van der Waals surface area contributed by atoms with Crippen LogP contribution in [0, 0.1) is 0 Å². The predicted octanol–water partition coefficient (Wildman–Crippen LogP) is 1.92. The lowest BCUT2D eigenvalue weighted by molar-refractivity contribution is -0.0257. The molecule has 3 heteroatoms. The number of rotatable bonds is 1. The van der Waals surface area contributed by atoms with Gasteiger partial charge in [0, 0.05) is 0 Å². The molecule has 0 unspecified atom stereocenters. The third-order valence-electron chi connectivity index (χ3n) is 3.39. The van der Waals surface area contributed by atoms with Gasteiger partial charge in [-0.3, -0.25) is 0 Å². The largest absolute Gasteiger partial charge is 0.391 e. The standard InChI is InChI=1S/C10H22O2Si/c1-13(2,3)10(12)8-6-4-5-7-9(10)11/h9,11-12H,4-8H2,1-3H3/t9-,10-/m0/s1. The Bertz CT molecular complexity index is 176. The van der Waals surface area contributed by atoms with E-state index in [9.17, 15) is 10.2 Å². The number of hydrogen-bond acceptors (Lipinski definition) is 2. The Morgan fingerprint density at radius 2 is 1.77 bits per heavy atom. The molecule has 1 aliphatic rings. The maximum Gasteiger partial charge on any atom is 0.0854 e. The zero-order valence-corrected chi connectivity index (χ0v) is 10.0. The van der Waals surface area contributed by atoms with Crippen LogP contribution >= 0.6 is 0 Å². The summed E-state index contributed by atoms with van der Waals surface area (Å²) in [5.74, 6) is 0. The molecule has 2 N–H and O–H groups in total. The van der Waals surface area contributed by atoms with Crippen LogP contribution in [-0.2, 0) is 0 Å². The van der Waals surface area contributed by atoms with Crippen LogP contribution in [0.1, 0.15) is 32.1 Å². The highest BCUT2D eigenvalue weighted by atomic mass is 28.3. The normalized spacial score (nSPS) is 37.2. The number of aliphatic hydroxyl groups excluding tert-OH is 1. The van der Waals surface area contributed by atoms with E-state index in [2.05, 4.69) is 19.6 Å². The van der Waals surface area contributed by atoms with E-state index >= 15 is 0 Å². The molecule has 0 bridgehead atoms. The molecule has 1 fully saturated rings. The predicted molar refractivity (Wildman–Crippen MR) is 57.4 cm³/mol. The molecular weight excluding hydrogens is 180 g/mol. The molecule has 0 spiro atoms. The second-order valence-corrected chi connectivity index (χ2v) is 10.7. The molecule has 0 amide bonds. The van der Waals surface area contributed by atoms with E-state index in [1.54, 1.807) is 0 Å². The van der Waals surface area contributed by atoms with Crippen molar-refractivity contribution < 1.29 is 10.2 Å². The van der Waals surface area contributed by atoms with Crippen molar-refractivity contribution in [3.63, 3.8) is 0 Å². The smallest absolute Gasteiger partial charge is 0.0854 e. The van der Waals surface area contributed by atoms with Crippen molar-refractivity contribution in [2.45, 2.75) is 63.1 Å². The van der Waals surface area contributed by atoms with Crippen LogP contribution in [0.5, 0.6) is 0 Å². The Labute approximate surface area is 82.0 Å². The van der Waals surface area contributed by atoms with Crippen molar-refractivity contribution in [3.05, 3.63) is 0 Å². The highest BCUT2D eigenvalue weighted by Crippen LogP contribution is 2.34. The van der Waals surface area contributed by atoms with E-state index in [0.717, 1.165) is 32.1 Å². The molecule has 0 aliphatic heterocycles. The summed E-state index contributed by atoms with van der Waals surface area (Å²) in [5.41, 5.74) is 0. The molecule has 1 rings (SSSR count). The van der Waals surface area contributed by atoms with Gasteiger partial charge in [-0.2, -0.15) is 0 Å². The Morgan fingerprint density at radius 3 is 2.31 bits per heavy atom. The van der Waals surface area contributed by atoms with Crippen molar-refractivity contribution in [1.29, 1.82) is 0 Å². The van der Waals surface area contributed by atoms with Crippen molar-refractivity contribution in [2.24, 2.45) is 0 Å². The lowest BCUT2D eigenvalue weighted by Crippen LogP contribution is -2.59. The zero-order valence-electron chi connectivity index (χ0n) is 9.01. The highest BCUT2D eigenvalue weighted by Gasteiger charge is 2.47. The van der Waals surface area contributed by atoms with E-state index in [1.165, 1.54) is 0 Å². The molecule has 0 aromatic heterocycles. The van der Waals surface area contributed by atoms with Crippen LogP contribution in [-0.4, -0.2) is 29.6 Å². The topological polar surface area (TPSA) is 40.5 Å². The van der Waals surface area contributed by atoms with Gasteiger partial charge < -0.3 is 10.2 Å². The number of aliphatic hydroxyl groups is 2. The molecule has 78 valence electrons. The van der Waals surface area contributed by atoms with Crippen LogP contribution in [0.3, 0.4) is 0 Å². The molecule has 0 aromatic carbocycles. The first kappa shape index (κ1) is 11.2. The van der Waals surface area contributed by atoms with Crippen LogP contribution in [0.15, 0.2) is 0 Å². The van der Waals surface area contributed by atoms with Crippen molar-refractivity contribution in [3.8, 4) is 0 Å². The van der Waals surface area contributed by atoms with Gasteiger partial charge in [-0.05, 0) is 12.8 Å². The van der Waals surface area contributed by atoms with Crippen molar-refractivity contribution in [1.82, 2.24) is 0 Å². The van der Waals surface area contributed by atoms with Gasteiger partial charge in [-0.1, -0.05) is 38.9 Å². The van der Waals surface area contributed by atoms with Gasteiger partial charge in [0.25, 0.3) is 0 Å². The first-order chi connectivity index (χ1) is 5.88. The fraction of sp³-hybridized carbons (Fsp3) is 1.00. The molecule has 13 heavy (non-hydrogen) atoms. The summed E-state index contributed by atoms with van der Waals surface area (Å²) in [6.07, 6.45) is 4.38. The fourth-order valence-corrected chi connectivity index (χ4v) is 4.26. The van der Waals surface area contributed by atoms with E-state index in [0.29, 0.717) is 0 Å². The first-order valence-corrected chi connectivity index (χ1v) is 8.78. The molecular formula is C10H22O2Si. The summed E-state index contributed by atoms with van der Waals surface area (Å²) in [7, 11) is -1.67. The Kier molecular flexibility index (Phi) is 3.20. The van der Waals surface area contributed by atoms with Gasteiger partial charge in [0.15, 0.2) is 0 Å². The molecule has 0 aromatic rings. The van der Waals surface area contributed by atoms with E-state index < -0.39 is 19.4 Å².